The largest absolute Gasteiger partial charge is 0.438 e. The van der Waals surface area contributed by atoms with Crippen molar-refractivity contribution in [3.8, 4) is 11.5 Å². The van der Waals surface area contributed by atoms with E-state index in [1.165, 1.54) is 28.9 Å². The lowest BCUT2D eigenvalue weighted by Gasteiger charge is -2.33. The van der Waals surface area contributed by atoms with Crippen LogP contribution in [0.5, 0.6) is 0 Å². The molecule has 1 aliphatic heterocycles. The van der Waals surface area contributed by atoms with Crippen molar-refractivity contribution in [1.82, 2.24) is 24.9 Å². The highest BCUT2D eigenvalue weighted by molar-refractivity contribution is 5.78. The summed E-state index contributed by atoms with van der Waals surface area (Å²) in [6.45, 7) is 7.66. The lowest BCUT2D eigenvalue weighted by atomic mass is 10.2. The van der Waals surface area contributed by atoms with Crippen molar-refractivity contribution >= 4 is 5.91 Å². The molecule has 3 rings (SSSR count). The van der Waals surface area contributed by atoms with Crippen molar-refractivity contribution in [2.45, 2.75) is 33.0 Å². The molecule has 0 unspecified atom stereocenters. The minimum Gasteiger partial charge on any atom is -0.388 e. The van der Waals surface area contributed by atoms with E-state index in [-0.39, 0.29) is 23.7 Å². The third kappa shape index (κ3) is 5.26. The van der Waals surface area contributed by atoms with E-state index in [4.69, 9.17) is 4.42 Å². The van der Waals surface area contributed by atoms with Crippen molar-refractivity contribution in [3.05, 3.63) is 40.6 Å². The standard InChI is InChI=1S/C19H26FN5O3/c1-3-14(2)21-17(26)12-23-8-10-24(11-9-23)13-25-19(27)28-18(22-25)15-4-6-16(20)7-5-15/h4-7,14H,3,8-13H2,1-2H3,(H,21,26)/t14-/m1/s1. The maximum atomic E-state index is 13.0. The third-order valence-corrected chi connectivity index (χ3v) is 4.88. The highest BCUT2D eigenvalue weighted by Crippen LogP contribution is 2.15. The Morgan fingerprint density at radius 2 is 1.86 bits per heavy atom. The van der Waals surface area contributed by atoms with Gasteiger partial charge in [-0.2, -0.15) is 4.68 Å². The highest BCUT2D eigenvalue weighted by Gasteiger charge is 2.21. The number of nitrogens with zero attached hydrogens (tertiary/aromatic N) is 4. The Labute approximate surface area is 162 Å². The molecule has 2 heterocycles. The fourth-order valence-electron chi connectivity index (χ4n) is 3.01. The maximum Gasteiger partial charge on any atom is 0.438 e. The van der Waals surface area contributed by atoms with Crippen LogP contribution < -0.4 is 11.1 Å². The summed E-state index contributed by atoms with van der Waals surface area (Å²) in [4.78, 5) is 28.2. The predicted molar refractivity (Wildman–Crippen MR) is 102 cm³/mol. The second-order valence-electron chi connectivity index (χ2n) is 7.09. The highest BCUT2D eigenvalue weighted by atomic mass is 19.1. The van der Waals surface area contributed by atoms with Crippen LogP contribution >= 0.6 is 0 Å². The fourth-order valence-corrected chi connectivity index (χ4v) is 3.01. The average Bonchev–Trinajstić information content (AvgIpc) is 3.04. The molecule has 0 radical (unpaired) electrons. The first-order valence-electron chi connectivity index (χ1n) is 9.52. The zero-order valence-corrected chi connectivity index (χ0v) is 16.2. The van der Waals surface area contributed by atoms with Crippen molar-refractivity contribution < 1.29 is 13.6 Å². The van der Waals surface area contributed by atoms with Gasteiger partial charge >= 0.3 is 5.76 Å². The normalized spacial score (nSPS) is 16.8. The number of aromatic nitrogens is 2. The molecule has 8 nitrogen and oxygen atoms in total. The number of rotatable bonds is 7. The quantitative estimate of drug-likeness (QED) is 0.762. The Hall–Kier alpha value is -2.52. The fraction of sp³-hybridized carbons (Fsp3) is 0.526. The molecule has 1 fully saturated rings. The second-order valence-corrected chi connectivity index (χ2v) is 7.09. The van der Waals surface area contributed by atoms with Crippen molar-refractivity contribution in [2.24, 2.45) is 0 Å². The molecule has 1 N–H and O–H groups in total. The van der Waals surface area contributed by atoms with Crippen molar-refractivity contribution in [3.63, 3.8) is 0 Å². The lowest BCUT2D eigenvalue weighted by Crippen LogP contribution is -2.50. The molecular weight excluding hydrogens is 365 g/mol. The first-order valence-corrected chi connectivity index (χ1v) is 9.52. The van der Waals surface area contributed by atoms with Gasteiger partial charge in [-0.1, -0.05) is 6.92 Å². The number of nitrogens with one attached hydrogen (secondary N) is 1. The van der Waals surface area contributed by atoms with Crippen LogP contribution in [-0.4, -0.2) is 64.3 Å². The lowest BCUT2D eigenvalue weighted by molar-refractivity contribution is -0.123. The summed E-state index contributed by atoms with van der Waals surface area (Å²) < 4.78 is 19.5. The SMILES string of the molecule is CC[C@@H](C)NC(=O)CN1CCN(Cn2nc(-c3ccc(F)cc3)oc2=O)CC1. The number of carbonyl (C=O) groups excluding carboxylic acids is 1. The molecule has 9 heteroatoms. The molecule has 1 aromatic heterocycles. The molecule has 1 aromatic carbocycles. The Morgan fingerprint density at radius 1 is 1.21 bits per heavy atom. The average molecular weight is 391 g/mol. The van der Waals surface area contributed by atoms with E-state index >= 15 is 0 Å². The van der Waals surface area contributed by atoms with Crippen LogP contribution in [0.3, 0.4) is 0 Å². The summed E-state index contributed by atoms with van der Waals surface area (Å²) in [5.74, 6) is -0.694. The number of amides is 1. The molecule has 1 atom stereocenters. The summed E-state index contributed by atoms with van der Waals surface area (Å²) in [5.41, 5.74) is 0.550. The van der Waals surface area contributed by atoms with Crippen LogP contribution in [-0.2, 0) is 11.5 Å². The van der Waals surface area contributed by atoms with Gasteiger partial charge < -0.3 is 9.73 Å². The summed E-state index contributed by atoms with van der Waals surface area (Å²) >= 11 is 0. The van der Waals surface area contributed by atoms with E-state index in [9.17, 15) is 14.0 Å². The monoisotopic (exact) mass is 391 g/mol. The van der Waals surface area contributed by atoms with E-state index in [1.54, 1.807) is 0 Å². The van der Waals surface area contributed by atoms with E-state index < -0.39 is 5.76 Å². The number of halogens is 1. The van der Waals surface area contributed by atoms with Gasteiger partial charge in [-0.05, 0) is 37.6 Å². The minimum atomic E-state index is -0.547. The van der Waals surface area contributed by atoms with Gasteiger partial charge in [-0.25, -0.2) is 9.18 Å². The summed E-state index contributed by atoms with van der Waals surface area (Å²) in [6, 6.07) is 5.82. The van der Waals surface area contributed by atoms with Crippen molar-refractivity contribution in [1.29, 1.82) is 0 Å². The predicted octanol–water partition coefficient (Wildman–Crippen LogP) is 1.13. The first-order chi connectivity index (χ1) is 13.4. The maximum absolute atomic E-state index is 13.0. The summed E-state index contributed by atoms with van der Waals surface area (Å²) in [7, 11) is 0. The minimum absolute atomic E-state index is 0.0412. The van der Waals surface area contributed by atoms with Gasteiger partial charge in [0.15, 0.2) is 0 Å². The molecule has 0 bridgehead atoms. The molecule has 0 saturated carbocycles. The molecule has 2 aromatic rings. The molecular formula is C19H26FN5O3. The van der Waals surface area contributed by atoms with Gasteiger partial charge in [0, 0.05) is 37.8 Å². The van der Waals surface area contributed by atoms with Crippen LogP contribution in [0, 0.1) is 5.82 Å². The van der Waals surface area contributed by atoms with Gasteiger partial charge in [0.1, 0.15) is 12.5 Å². The van der Waals surface area contributed by atoms with Crippen LogP contribution in [0.15, 0.2) is 33.5 Å². The molecule has 0 spiro atoms. The molecule has 1 saturated heterocycles. The van der Waals surface area contributed by atoms with Gasteiger partial charge in [0.2, 0.25) is 11.8 Å². The number of piperazine rings is 1. The first kappa shape index (κ1) is 20.2. The number of hydrogen-bond acceptors (Lipinski definition) is 6. The van der Waals surface area contributed by atoms with Crippen LogP contribution in [0.25, 0.3) is 11.5 Å². The summed E-state index contributed by atoms with van der Waals surface area (Å²) in [5, 5.41) is 7.18. The van der Waals surface area contributed by atoms with Gasteiger partial charge in [-0.15, -0.1) is 5.10 Å². The third-order valence-electron chi connectivity index (χ3n) is 4.88. The van der Waals surface area contributed by atoms with E-state index in [1.807, 2.05) is 13.8 Å². The smallest absolute Gasteiger partial charge is 0.388 e. The molecule has 0 aliphatic carbocycles. The molecule has 28 heavy (non-hydrogen) atoms. The molecule has 1 amide bonds. The number of hydrogen-bond donors (Lipinski definition) is 1. The van der Waals surface area contributed by atoms with Crippen LogP contribution in [0.2, 0.25) is 0 Å². The molecule has 152 valence electrons. The van der Waals surface area contributed by atoms with E-state index in [2.05, 4.69) is 20.2 Å². The van der Waals surface area contributed by atoms with E-state index in [0.717, 1.165) is 32.6 Å². The van der Waals surface area contributed by atoms with Gasteiger partial charge in [0.25, 0.3) is 0 Å². The Balaban J connectivity index is 1.52. The second kappa shape index (κ2) is 9.11. The van der Waals surface area contributed by atoms with Crippen LogP contribution in [0.4, 0.5) is 4.39 Å². The van der Waals surface area contributed by atoms with Gasteiger partial charge in [0.05, 0.1) is 6.54 Å². The number of benzene rings is 1. The van der Waals surface area contributed by atoms with Crippen molar-refractivity contribution in [2.75, 3.05) is 32.7 Å². The van der Waals surface area contributed by atoms with E-state index in [0.29, 0.717) is 18.8 Å². The Kier molecular flexibility index (Phi) is 6.58. The molecule has 1 aliphatic rings. The Bertz CT molecular complexity index is 840. The topological polar surface area (TPSA) is 83.6 Å². The van der Waals surface area contributed by atoms with Crippen LogP contribution in [0.1, 0.15) is 20.3 Å². The number of carbonyl (C=O) groups is 1. The summed E-state index contributed by atoms with van der Waals surface area (Å²) in [6.07, 6.45) is 0.909. The zero-order chi connectivity index (χ0) is 20.1. The van der Waals surface area contributed by atoms with Gasteiger partial charge in [-0.3, -0.25) is 14.6 Å². The zero-order valence-electron chi connectivity index (χ0n) is 16.2. The Morgan fingerprint density at radius 3 is 2.50 bits per heavy atom.